The maximum Gasteiger partial charge on any atom is 0.138 e. The van der Waals surface area contributed by atoms with Crippen LogP contribution in [0.2, 0.25) is 0 Å². The van der Waals surface area contributed by atoms with Crippen LogP contribution in [0.5, 0.6) is 0 Å². The zero-order valence-corrected chi connectivity index (χ0v) is 13.5. The zero-order chi connectivity index (χ0) is 16.4. The van der Waals surface area contributed by atoms with E-state index in [0.29, 0.717) is 0 Å². The normalized spacial score (nSPS) is 12.0. The lowest BCUT2D eigenvalue weighted by Crippen LogP contribution is -1.82. The highest BCUT2D eigenvalue weighted by molar-refractivity contribution is 6.15. The molecule has 0 N–H and O–H groups in total. The Morgan fingerprint density at radius 1 is 0.600 bits per heavy atom. The molecule has 0 unspecified atom stereocenters. The number of imidazole rings is 1. The molecule has 0 atom stereocenters. The number of rotatable bonds is 1. The van der Waals surface area contributed by atoms with Gasteiger partial charge in [-0.05, 0) is 22.9 Å². The van der Waals surface area contributed by atoms with Gasteiger partial charge in [-0.1, -0.05) is 72.8 Å². The Morgan fingerprint density at radius 2 is 1.32 bits per heavy atom. The van der Waals surface area contributed by atoms with Gasteiger partial charge in [0.1, 0.15) is 5.65 Å². The van der Waals surface area contributed by atoms with Gasteiger partial charge in [0, 0.05) is 16.3 Å². The summed E-state index contributed by atoms with van der Waals surface area (Å²) in [4.78, 5) is 5.01. The molecule has 0 aliphatic carbocycles. The molecule has 116 valence electrons. The number of pyridine rings is 1. The van der Waals surface area contributed by atoms with Crippen molar-refractivity contribution >= 4 is 38.2 Å². The molecule has 2 nitrogen and oxygen atoms in total. The van der Waals surface area contributed by atoms with E-state index in [1.807, 2.05) is 0 Å². The predicted molar refractivity (Wildman–Crippen MR) is 104 cm³/mol. The molecule has 0 spiro atoms. The second kappa shape index (κ2) is 4.58. The summed E-state index contributed by atoms with van der Waals surface area (Å²) in [5.74, 6) is 0. The van der Waals surface area contributed by atoms with Gasteiger partial charge in [0.25, 0.3) is 0 Å². The van der Waals surface area contributed by atoms with Crippen LogP contribution in [0, 0.1) is 0 Å². The van der Waals surface area contributed by atoms with Crippen LogP contribution in [0.4, 0.5) is 0 Å². The monoisotopic (exact) mass is 318 g/mol. The molecule has 6 rings (SSSR count). The second-order valence-corrected chi connectivity index (χ2v) is 6.49. The SMILES string of the molecule is c1ccc2c(-c3nc4cccc5c6ccccc6c3n45)cccc2c1. The van der Waals surface area contributed by atoms with Crippen LogP contribution in [0.25, 0.3) is 49.5 Å². The van der Waals surface area contributed by atoms with Crippen molar-refractivity contribution in [3.05, 3.63) is 84.9 Å². The Kier molecular flexibility index (Phi) is 2.37. The van der Waals surface area contributed by atoms with Gasteiger partial charge in [-0.2, -0.15) is 0 Å². The number of hydrogen-bond donors (Lipinski definition) is 0. The Bertz CT molecular complexity index is 1390. The number of fused-ring (bicyclic) bond motifs is 4. The summed E-state index contributed by atoms with van der Waals surface area (Å²) < 4.78 is 2.29. The summed E-state index contributed by atoms with van der Waals surface area (Å²) in [6.45, 7) is 0. The zero-order valence-electron chi connectivity index (χ0n) is 13.5. The van der Waals surface area contributed by atoms with Gasteiger partial charge in [-0.25, -0.2) is 4.98 Å². The van der Waals surface area contributed by atoms with E-state index in [4.69, 9.17) is 4.98 Å². The van der Waals surface area contributed by atoms with Crippen LogP contribution in [0.3, 0.4) is 0 Å². The molecular formula is C23H14N2. The molecule has 0 saturated carbocycles. The molecular weight excluding hydrogens is 304 g/mol. The lowest BCUT2D eigenvalue weighted by Gasteiger charge is -2.04. The Labute approximate surface area is 144 Å². The van der Waals surface area contributed by atoms with Crippen molar-refractivity contribution < 1.29 is 0 Å². The van der Waals surface area contributed by atoms with Crippen molar-refractivity contribution in [1.82, 2.24) is 9.38 Å². The van der Waals surface area contributed by atoms with E-state index in [9.17, 15) is 0 Å². The smallest absolute Gasteiger partial charge is 0.138 e. The molecule has 0 aliphatic heterocycles. The fourth-order valence-corrected chi connectivity index (χ4v) is 4.08. The molecule has 2 heteroatoms. The van der Waals surface area contributed by atoms with Crippen LogP contribution in [0.15, 0.2) is 84.9 Å². The van der Waals surface area contributed by atoms with Gasteiger partial charge < -0.3 is 0 Å². The predicted octanol–water partition coefficient (Wildman–Crippen LogP) is 5.90. The summed E-state index contributed by atoms with van der Waals surface area (Å²) in [6.07, 6.45) is 0. The largest absolute Gasteiger partial charge is 0.292 e. The third kappa shape index (κ3) is 1.61. The molecule has 0 aliphatic rings. The van der Waals surface area contributed by atoms with Crippen molar-refractivity contribution in [3.8, 4) is 11.3 Å². The minimum atomic E-state index is 1.01. The van der Waals surface area contributed by atoms with Crippen LogP contribution in [-0.4, -0.2) is 9.38 Å². The molecule has 0 saturated heterocycles. The lowest BCUT2D eigenvalue weighted by atomic mass is 10.0. The number of aromatic nitrogens is 2. The minimum Gasteiger partial charge on any atom is -0.292 e. The van der Waals surface area contributed by atoms with Gasteiger partial charge in [-0.15, -0.1) is 0 Å². The maximum absolute atomic E-state index is 5.01. The van der Waals surface area contributed by atoms with E-state index in [1.54, 1.807) is 0 Å². The van der Waals surface area contributed by atoms with Crippen molar-refractivity contribution in [2.75, 3.05) is 0 Å². The van der Waals surface area contributed by atoms with Crippen LogP contribution >= 0.6 is 0 Å². The number of benzene rings is 3. The summed E-state index contributed by atoms with van der Waals surface area (Å²) in [5.41, 5.74) is 5.69. The highest BCUT2D eigenvalue weighted by Gasteiger charge is 2.19. The Balaban J connectivity index is 1.87. The minimum absolute atomic E-state index is 1.01. The quantitative estimate of drug-likeness (QED) is 0.369. The topological polar surface area (TPSA) is 17.3 Å². The number of hydrogen-bond acceptors (Lipinski definition) is 1. The molecule has 3 aromatic carbocycles. The Hall–Kier alpha value is -3.39. The van der Waals surface area contributed by atoms with E-state index >= 15 is 0 Å². The first-order chi connectivity index (χ1) is 12.4. The summed E-state index contributed by atoms with van der Waals surface area (Å²) in [6, 6.07) is 30.0. The first-order valence-corrected chi connectivity index (χ1v) is 8.51. The fraction of sp³-hybridized carbons (Fsp3) is 0. The van der Waals surface area contributed by atoms with Gasteiger partial charge in [0.05, 0.1) is 16.7 Å². The van der Waals surface area contributed by atoms with E-state index < -0.39 is 0 Å². The van der Waals surface area contributed by atoms with Gasteiger partial charge >= 0.3 is 0 Å². The van der Waals surface area contributed by atoms with Crippen molar-refractivity contribution in [3.63, 3.8) is 0 Å². The van der Waals surface area contributed by atoms with E-state index in [1.165, 1.54) is 38.1 Å². The van der Waals surface area contributed by atoms with Crippen LogP contribution in [0.1, 0.15) is 0 Å². The maximum atomic E-state index is 5.01. The van der Waals surface area contributed by atoms with Gasteiger partial charge in [-0.3, -0.25) is 4.40 Å². The fourth-order valence-electron chi connectivity index (χ4n) is 4.08. The molecule has 0 fully saturated rings. The van der Waals surface area contributed by atoms with Gasteiger partial charge in [0.2, 0.25) is 0 Å². The summed E-state index contributed by atoms with van der Waals surface area (Å²) in [7, 11) is 0. The average Bonchev–Trinajstić information content (AvgIpc) is 3.22. The van der Waals surface area contributed by atoms with Crippen molar-refractivity contribution in [2.45, 2.75) is 0 Å². The molecule has 0 bridgehead atoms. The Morgan fingerprint density at radius 3 is 2.24 bits per heavy atom. The van der Waals surface area contributed by atoms with Crippen molar-refractivity contribution in [2.24, 2.45) is 0 Å². The number of nitrogens with zero attached hydrogens (tertiary/aromatic N) is 2. The highest BCUT2D eigenvalue weighted by atomic mass is 15.0. The first-order valence-electron chi connectivity index (χ1n) is 8.51. The molecule has 6 aromatic rings. The summed E-state index contributed by atoms with van der Waals surface area (Å²) >= 11 is 0. The van der Waals surface area contributed by atoms with E-state index in [-0.39, 0.29) is 0 Å². The molecule has 0 radical (unpaired) electrons. The van der Waals surface area contributed by atoms with Gasteiger partial charge in [0.15, 0.2) is 0 Å². The van der Waals surface area contributed by atoms with Crippen molar-refractivity contribution in [1.29, 1.82) is 0 Å². The van der Waals surface area contributed by atoms with E-state index in [2.05, 4.69) is 89.3 Å². The second-order valence-electron chi connectivity index (χ2n) is 6.49. The standard InChI is InChI=1S/C23H14N2/c1-2-9-16-15(7-1)8-5-12-18(16)22-23-19-11-4-3-10-17(19)20-13-6-14-21(24-22)25(20)23/h1-14H. The molecule has 3 aromatic heterocycles. The summed E-state index contributed by atoms with van der Waals surface area (Å²) in [5, 5.41) is 5.04. The van der Waals surface area contributed by atoms with Crippen LogP contribution in [-0.2, 0) is 0 Å². The third-order valence-electron chi connectivity index (χ3n) is 5.15. The molecule has 25 heavy (non-hydrogen) atoms. The highest BCUT2D eigenvalue weighted by Crippen LogP contribution is 2.38. The van der Waals surface area contributed by atoms with Crippen LogP contribution < -0.4 is 0 Å². The van der Waals surface area contributed by atoms with E-state index in [0.717, 1.165) is 11.3 Å². The lowest BCUT2D eigenvalue weighted by molar-refractivity contribution is 1.31. The average molecular weight is 318 g/mol. The first kappa shape index (κ1) is 13.0. The molecule has 3 heterocycles. The molecule has 0 amide bonds. The third-order valence-corrected chi connectivity index (χ3v) is 5.15.